The van der Waals surface area contributed by atoms with E-state index < -0.39 is 4.92 Å². The number of nitro groups is 1. The van der Waals surface area contributed by atoms with Gasteiger partial charge >= 0.3 is 0 Å². The molecule has 0 unspecified atom stereocenters. The standard InChI is InChI=1S/C18H19ClN4O3S/c1-22(2)17-8-7-16(23(25)26)9-14(17)10-20-21-18(24)12-27-11-13-3-5-15(19)6-4-13/h3-10H,11-12H2,1-2H3,(H,21,24)/b20-10-. The Morgan fingerprint density at radius 2 is 2.00 bits per heavy atom. The first kappa shape index (κ1) is 20.7. The summed E-state index contributed by atoms with van der Waals surface area (Å²) < 4.78 is 0. The van der Waals surface area contributed by atoms with Crippen molar-refractivity contribution in [2.45, 2.75) is 5.75 Å². The zero-order valence-corrected chi connectivity index (χ0v) is 16.5. The largest absolute Gasteiger partial charge is 0.377 e. The molecule has 1 N–H and O–H groups in total. The summed E-state index contributed by atoms with van der Waals surface area (Å²) in [5.74, 6) is 0.682. The molecule has 0 heterocycles. The summed E-state index contributed by atoms with van der Waals surface area (Å²) in [5, 5.41) is 15.5. The van der Waals surface area contributed by atoms with Crippen molar-refractivity contribution >= 4 is 46.9 Å². The van der Waals surface area contributed by atoms with Crippen molar-refractivity contribution in [2.24, 2.45) is 5.10 Å². The van der Waals surface area contributed by atoms with Crippen molar-refractivity contribution in [3.8, 4) is 0 Å². The van der Waals surface area contributed by atoms with Crippen LogP contribution in [0.2, 0.25) is 5.02 Å². The molecule has 0 bridgehead atoms. The molecule has 27 heavy (non-hydrogen) atoms. The van der Waals surface area contributed by atoms with Crippen molar-refractivity contribution in [1.82, 2.24) is 5.43 Å². The van der Waals surface area contributed by atoms with E-state index in [0.29, 0.717) is 16.3 Å². The van der Waals surface area contributed by atoms with E-state index in [1.54, 1.807) is 6.07 Å². The number of hydrogen-bond acceptors (Lipinski definition) is 6. The van der Waals surface area contributed by atoms with E-state index in [1.807, 2.05) is 43.3 Å². The molecular weight excluding hydrogens is 388 g/mol. The number of rotatable bonds is 8. The Hall–Kier alpha value is -2.58. The third kappa shape index (κ3) is 6.58. The van der Waals surface area contributed by atoms with Crippen LogP contribution in [0.3, 0.4) is 0 Å². The van der Waals surface area contributed by atoms with Crippen molar-refractivity contribution in [1.29, 1.82) is 0 Å². The van der Waals surface area contributed by atoms with Gasteiger partial charge in [-0.2, -0.15) is 5.10 Å². The molecule has 2 rings (SSSR count). The maximum absolute atomic E-state index is 11.9. The molecule has 0 aliphatic rings. The molecule has 0 aliphatic carbocycles. The SMILES string of the molecule is CN(C)c1ccc([N+](=O)[O-])cc1/C=N\NC(=O)CSCc1ccc(Cl)cc1. The topological polar surface area (TPSA) is 87.8 Å². The number of benzene rings is 2. The van der Waals surface area contributed by atoms with Crippen molar-refractivity contribution < 1.29 is 9.72 Å². The van der Waals surface area contributed by atoms with Crippen LogP contribution in [-0.2, 0) is 10.5 Å². The fourth-order valence-corrected chi connectivity index (χ4v) is 3.12. The molecule has 7 nitrogen and oxygen atoms in total. The summed E-state index contributed by atoms with van der Waals surface area (Å²) in [6.45, 7) is 0. The van der Waals surface area contributed by atoms with Gasteiger partial charge in [-0.3, -0.25) is 14.9 Å². The van der Waals surface area contributed by atoms with Gasteiger partial charge in [-0.1, -0.05) is 23.7 Å². The number of nitro benzene ring substituents is 1. The predicted molar refractivity (Wildman–Crippen MR) is 111 cm³/mol. The van der Waals surface area contributed by atoms with Gasteiger partial charge in [0.15, 0.2) is 0 Å². The van der Waals surface area contributed by atoms with E-state index in [0.717, 1.165) is 11.3 Å². The van der Waals surface area contributed by atoms with Gasteiger partial charge in [0.1, 0.15) is 0 Å². The van der Waals surface area contributed by atoms with Gasteiger partial charge in [0.05, 0.1) is 16.9 Å². The lowest BCUT2D eigenvalue weighted by Crippen LogP contribution is -2.20. The van der Waals surface area contributed by atoms with Crippen LogP contribution >= 0.6 is 23.4 Å². The molecule has 142 valence electrons. The van der Waals surface area contributed by atoms with Gasteiger partial charge in [0.25, 0.3) is 5.69 Å². The Labute approximate surface area is 166 Å². The van der Waals surface area contributed by atoms with Crippen LogP contribution in [0.1, 0.15) is 11.1 Å². The molecule has 2 aromatic carbocycles. The van der Waals surface area contributed by atoms with E-state index >= 15 is 0 Å². The van der Waals surface area contributed by atoms with Crippen LogP contribution in [0.5, 0.6) is 0 Å². The van der Waals surface area contributed by atoms with Crippen LogP contribution in [-0.4, -0.2) is 36.9 Å². The summed E-state index contributed by atoms with van der Waals surface area (Å²) in [6.07, 6.45) is 1.41. The van der Waals surface area contributed by atoms with Crippen LogP contribution in [0.15, 0.2) is 47.6 Å². The fourth-order valence-electron chi connectivity index (χ4n) is 2.21. The summed E-state index contributed by atoms with van der Waals surface area (Å²) in [4.78, 5) is 24.2. The summed E-state index contributed by atoms with van der Waals surface area (Å²) in [7, 11) is 3.65. The fraction of sp³-hybridized carbons (Fsp3) is 0.222. The van der Waals surface area contributed by atoms with E-state index in [2.05, 4.69) is 10.5 Å². The molecule has 0 radical (unpaired) electrons. The van der Waals surface area contributed by atoms with Gasteiger partial charge in [-0.25, -0.2) is 5.43 Å². The minimum Gasteiger partial charge on any atom is -0.377 e. The highest BCUT2D eigenvalue weighted by atomic mass is 35.5. The Morgan fingerprint density at radius 1 is 1.30 bits per heavy atom. The highest BCUT2D eigenvalue weighted by Crippen LogP contribution is 2.22. The predicted octanol–water partition coefficient (Wildman–Crippen LogP) is 3.70. The zero-order chi connectivity index (χ0) is 19.8. The normalized spacial score (nSPS) is 10.8. The number of nitrogens with zero attached hydrogens (tertiary/aromatic N) is 3. The third-order valence-electron chi connectivity index (χ3n) is 3.51. The summed E-state index contributed by atoms with van der Waals surface area (Å²) >= 11 is 7.29. The van der Waals surface area contributed by atoms with Crippen LogP contribution in [0.4, 0.5) is 11.4 Å². The average Bonchev–Trinajstić information content (AvgIpc) is 2.63. The first-order valence-electron chi connectivity index (χ1n) is 7.96. The van der Waals surface area contributed by atoms with Gasteiger partial charge in [0, 0.05) is 48.3 Å². The molecule has 0 atom stereocenters. The molecule has 0 aliphatic heterocycles. The molecule has 0 aromatic heterocycles. The third-order valence-corrected chi connectivity index (χ3v) is 4.77. The number of hydrogen-bond donors (Lipinski definition) is 1. The highest BCUT2D eigenvalue weighted by Gasteiger charge is 2.11. The Kier molecular flexibility index (Phi) is 7.63. The Morgan fingerprint density at radius 3 is 2.63 bits per heavy atom. The number of anilines is 1. The second-order valence-corrected chi connectivity index (χ2v) is 7.23. The molecule has 9 heteroatoms. The van der Waals surface area contributed by atoms with E-state index in [-0.39, 0.29) is 17.3 Å². The van der Waals surface area contributed by atoms with Gasteiger partial charge in [-0.15, -0.1) is 11.8 Å². The molecular formula is C18H19ClN4O3S. The maximum atomic E-state index is 11.9. The van der Waals surface area contributed by atoms with E-state index in [1.165, 1.54) is 30.1 Å². The lowest BCUT2D eigenvalue weighted by Gasteiger charge is -2.14. The van der Waals surface area contributed by atoms with Gasteiger partial charge in [-0.05, 0) is 23.8 Å². The smallest absolute Gasteiger partial charge is 0.270 e. The minimum atomic E-state index is -0.469. The number of amides is 1. The molecule has 2 aromatic rings. The second kappa shape index (κ2) is 9.94. The number of nitrogens with one attached hydrogen (secondary N) is 1. The number of carbonyl (C=O) groups is 1. The summed E-state index contributed by atoms with van der Waals surface area (Å²) in [6, 6.07) is 11.9. The number of halogens is 1. The average molecular weight is 407 g/mol. The van der Waals surface area contributed by atoms with Crippen LogP contribution < -0.4 is 10.3 Å². The quantitative estimate of drug-likeness (QED) is 0.410. The molecule has 1 amide bonds. The lowest BCUT2D eigenvalue weighted by atomic mass is 10.1. The molecule has 0 saturated carbocycles. The number of thioether (sulfide) groups is 1. The highest BCUT2D eigenvalue weighted by molar-refractivity contribution is 7.99. The maximum Gasteiger partial charge on any atom is 0.270 e. The minimum absolute atomic E-state index is 0.0353. The molecule has 0 saturated heterocycles. The van der Waals surface area contributed by atoms with Gasteiger partial charge < -0.3 is 4.90 Å². The van der Waals surface area contributed by atoms with Crippen LogP contribution in [0.25, 0.3) is 0 Å². The number of non-ortho nitro benzene ring substituents is 1. The van der Waals surface area contributed by atoms with Crippen molar-refractivity contribution in [2.75, 3.05) is 24.7 Å². The Balaban J connectivity index is 1.90. The second-order valence-electron chi connectivity index (χ2n) is 5.81. The van der Waals surface area contributed by atoms with E-state index in [9.17, 15) is 14.9 Å². The monoisotopic (exact) mass is 406 g/mol. The number of carbonyl (C=O) groups excluding carboxylic acids is 1. The molecule has 0 spiro atoms. The van der Waals surface area contributed by atoms with Crippen LogP contribution in [0, 0.1) is 10.1 Å². The van der Waals surface area contributed by atoms with Gasteiger partial charge in [0.2, 0.25) is 5.91 Å². The molecule has 0 fully saturated rings. The number of hydrazone groups is 1. The summed E-state index contributed by atoms with van der Waals surface area (Å²) in [5.41, 5.74) is 4.79. The first-order valence-corrected chi connectivity index (χ1v) is 9.50. The van der Waals surface area contributed by atoms with E-state index in [4.69, 9.17) is 11.6 Å². The van der Waals surface area contributed by atoms with Crippen molar-refractivity contribution in [3.05, 3.63) is 68.7 Å². The lowest BCUT2D eigenvalue weighted by molar-refractivity contribution is -0.384. The first-order chi connectivity index (χ1) is 12.9. The van der Waals surface area contributed by atoms with Crippen molar-refractivity contribution in [3.63, 3.8) is 0 Å². The Bertz CT molecular complexity index is 841. The zero-order valence-electron chi connectivity index (χ0n) is 14.9.